The molecule has 18 heavy (non-hydrogen) atoms. The normalized spacial score (nSPS) is 13.8. The molecular formula is C10H19N5O2S. The minimum Gasteiger partial charge on any atom is -0.388 e. The molecule has 1 atom stereocenters. The van der Waals surface area contributed by atoms with Gasteiger partial charge in [-0.3, -0.25) is 5.41 Å². The summed E-state index contributed by atoms with van der Waals surface area (Å²) in [6, 6.07) is -0.376. The third-order valence-corrected chi connectivity index (χ3v) is 4.61. The van der Waals surface area contributed by atoms with E-state index in [9.17, 15) is 8.42 Å². The van der Waals surface area contributed by atoms with Crippen molar-refractivity contribution in [3.05, 3.63) is 12.5 Å². The lowest BCUT2D eigenvalue weighted by molar-refractivity contribution is 0.394. The Labute approximate surface area is 107 Å². The molecule has 102 valence electrons. The number of imidazole rings is 1. The Morgan fingerprint density at radius 1 is 1.67 bits per heavy atom. The topological polar surface area (TPSA) is 105 Å². The lowest BCUT2D eigenvalue weighted by Crippen LogP contribution is -2.37. The Kier molecular flexibility index (Phi) is 4.47. The summed E-state index contributed by atoms with van der Waals surface area (Å²) in [5, 5.41) is 7.21. The standard InChI is InChI=1S/C10H19N5O2S/c1-4-15-6-10(13-7-15)18(16,17)14(3)8(2)5-9(11)12/h6-8H,4-5H2,1-3H3,(H3,11,12). The van der Waals surface area contributed by atoms with Crippen LogP contribution in [0.2, 0.25) is 0 Å². The summed E-state index contributed by atoms with van der Waals surface area (Å²) in [6.45, 7) is 4.27. The van der Waals surface area contributed by atoms with Gasteiger partial charge in [0, 0.05) is 32.3 Å². The molecule has 0 fully saturated rings. The molecule has 8 heteroatoms. The van der Waals surface area contributed by atoms with Crippen molar-refractivity contribution in [2.24, 2.45) is 5.73 Å². The molecule has 0 spiro atoms. The number of nitrogens with two attached hydrogens (primary N) is 1. The zero-order chi connectivity index (χ0) is 13.9. The van der Waals surface area contributed by atoms with Crippen LogP contribution in [-0.4, -0.2) is 41.2 Å². The van der Waals surface area contributed by atoms with Gasteiger partial charge < -0.3 is 10.3 Å². The number of aromatic nitrogens is 2. The van der Waals surface area contributed by atoms with Crippen LogP contribution >= 0.6 is 0 Å². The highest BCUT2D eigenvalue weighted by Crippen LogP contribution is 2.15. The summed E-state index contributed by atoms with van der Waals surface area (Å²) in [5.74, 6) is -0.0383. The van der Waals surface area contributed by atoms with Crippen LogP contribution in [0.1, 0.15) is 20.3 Å². The number of hydrogen-bond donors (Lipinski definition) is 2. The molecule has 0 amide bonds. The van der Waals surface area contributed by atoms with Crippen LogP contribution in [0.4, 0.5) is 0 Å². The minimum absolute atomic E-state index is 0.0160. The van der Waals surface area contributed by atoms with Crippen molar-refractivity contribution in [1.29, 1.82) is 5.41 Å². The number of nitrogens with zero attached hydrogens (tertiary/aromatic N) is 3. The second-order valence-corrected chi connectivity index (χ2v) is 6.09. The van der Waals surface area contributed by atoms with E-state index in [1.54, 1.807) is 11.5 Å². The number of hydrogen-bond acceptors (Lipinski definition) is 4. The van der Waals surface area contributed by atoms with Crippen LogP contribution in [-0.2, 0) is 16.6 Å². The molecule has 0 saturated heterocycles. The first kappa shape index (κ1) is 14.7. The minimum atomic E-state index is -3.62. The van der Waals surface area contributed by atoms with Gasteiger partial charge in [-0.25, -0.2) is 13.4 Å². The van der Waals surface area contributed by atoms with Gasteiger partial charge in [0.15, 0.2) is 5.03 Å². The van der Waals surface area contributed by atoms with Crippen molar-refractivity contribution in [2.75, 3.05) is 7.05 Å². The molecule has 3 N–H and O–H groups in total. The van der Waals surface area contributed by atoms with Gasteiger partial charge in [-0.15, -0.1) is 0 Å². The van der Waals surface area contributed by atoms with Gasteiger partial charge in [-0.2, -0.15) is 4.31 Å². The summed E-state index contributed by atoms with van der Waals surface area (Å²) in [4.78, 5) is 3.89. The molecule has 1 aromatic rings. The quantitative estimate of drug-likeness (QED) is 0.572. The number of amidine groups is 1. The molecule has 0 aliphatic rings. The second-order valence-electron chi connectivity index (χ2n) is 4.14. The maximum atomic E-state index is 12.2. The molecule has 1 heterocycles. The van der Waals surface area contributed by atoms with E-state index >= 15 is 0 Å². The summed E-state index contributed by atoms with van der Waals surface area (Å²) in [5.41, 5.74) is 5.28. The molecule has 7 nitrogen and oxygen atoms in total. The molecule has 0 aromatic carbocycles. The van der Waals surface area contributed by atoms with Crippen LogP contribution < -0.4 is 5.73 Å². The molecule has 0 aliphatic heterocycles. The van der Waals surface area contributed by atoms with Gasteiger partial charge in [-0.05, 0) is 13.8 Å². The Hall–Kier alpha value is -1.41. The van der Waals surface area contributed by atoms with E-state index in [1.807, 2.05) is 6.92 Å². The SMILES string of the molecule is CCn1cnc(S(=O)(=O)N(C)C(C)CC(=N)N)c1. The Bertz CT molecular complexity index is 522. The van der Waals surface area contributed by atoms with Gasteiger partial charge in [0.05, 0.1) is 12.2 Å². The number of nitrogens with one attached hydrogen (secondary N) is 1. The fourth-order valence-electron chi connectivity index (χ4n) is 1.48. The molecule has 0 saturated carbocycles. The van der Waals surface area contributed by atoms with Gasteiger partial charge >= 0.3 is 0 Å². The smallest absolute Gasteiger partial charge is 0.262 e. The van der Waals surface area contributed by atoms with Gasteiger partial charge in [0.25, 0.3) is 10.0 Å². The number of rotatable bonds is 6. The number of aryl methyl sites for hydroxylation is 1. The Morgan fingerprint density at radius 2 is 2.28 bits per heavy atom. The van der Waals surface area contributed by atoms with E-state index in [0.717, 1.165) is 0 Å². The third kappa shape index (κ3) is 3.08. The maximum Gasteiger partial charge on any atom is 0.262 e. The number of sulfonamides is 1. The highest BCUT2D eigenvalue weighted by molar-refractivity contribution is 7.89. The van der Waals surface area contributed by atoms with Crippen LogP contribution in [0.15, 0.2) is 17.6 Å². The van der Waals surface area contributed by atoms with Crippen molar-refractivity contribution < 1.29 is 8.42 Å². The molecule has 0 radical (unpaired) electrons. The van der Waals surface area contributed by atoms with E-state index in [-0.39, 0.29) is 23.3 Å². The van der Waals surface area contributed by atoms with Crippen LogP contribution in [0.3, 0.4) is 0 Å². The van der Waals surface area contributed by atoms with Crippen molar-refractivity contribution in [3.63, 3.8) is 0 Å². The highest BCUT2D eigenvalue weighted by Gasteiger charge is 2.27. The summed E-state index contributed by atoms with van der Waals surface area (Å²) in [7, 11) is -2.16. The second kappa shape index (κ2) is 5.49. The van der Waals surface area contributed by atoms with Crippen LogP contribution in [0.5, 0.6) is 0 Å². The summed E-state index contributed by atoms with van der Waals surface area (Å²) >= 11 is 0. The molecule has 0 aliphatic carbocycles. The van der Waals surface area contributed by atoms with E-state index in [0.29, 0.717) is 6.54 Å². The van der Waals surface area contributed by atoms with Crippen molar-refractivity contribution in [2.45, 2.75) is 37.9 Å². The fraction of sp³-hybridized carbons (Fsp3) is 0.600. The van der Waals surface area contributed by atoms with Crippen LogP contribution in [0, 0.1) is 5.41 Å². The molecule has 1 unspecified atom stereocenters. The van der Waals surface area contributed by atoms with E-state index < -0.39 is 10.0 Å². The average molecular weight is 273 g/mol. The monoisotopic (exact) mass is 273 g/mol. The van der Waals surface area contributed by atoms with Crippen molar-refractivity contribution in [3.8, 4) is 0 Å². The first-order chi connectivity index (χ1) is 8.28. The predicted octanol–water partition coefficient (Wildman–Crippen LogP) is 0.238. The third-order valence-electron chi connectivity index (χ3n) is 2.75. The average Bonchev–Trinajstić information content (AvgIpc) is 2.76. The van der Waals surface area contributed by atoms with E-state index in [1.165, 1.54) is 23.9 Å². The predicted molar refractivity (Wildman–Crippen MR) is 68.8 cm³/mol. The van der Waals surface area contributed by atoms with E-state index in [4.69, 9.17) is 11.1 Å². The largest absolute Gasteiger partial charge is 0.388 e. The van der Waals surface area contributed by atoms with Crippen molar-refractivity contribution >= 4 is 15.9 Å². The first-order valence-corrected chi connectivity index (χ1v) is 7.05. The Balaban J connectivity index is 2.95. The van der Waals surface area contributed by atoms with Gasteiger partial charge in [0.2, 0.25) is 0 Å². The van der Waals surface area contributed by atoms with Gasteiger partial charge in [-0.1, -0.05) is 0 Å². The molecule has 0 bridgehead atoms. The molecular weight excluding hydrogens is 254 g/mol. The lowest BCUT2D eigenvalue weighted by Gasteiger charge is -2.22. The lowest BCUT2D eigenvalue weighted by atomic mass is 10.2. The Morgan fingerprint density at radius 3 is 2.72 bits per heavy atom. The zero-order valence-corrected chi connectivity index (χ0v) is 11.6. The van der Waals surface area contributed by atoms with Crippen LogP contribution in [0.25, 0.3) is 0 Å². The summed E-state index contributed by atoms with van der Waals surface area (Å²) < 4.78 is 27.3. The highest BCUT2D eigenvalue weighted by atomic mass is 32.2. The molecule has 1 rings (SSSR count). The zero-order valence-electron chi connectivity index (χ0n) is 10.8. The summed E-state index contributed by atoms with van der Waals surface area (Å²) in [6.07, 6.45) is 3.17. The maximum absolute atomic E-state index is 12.2. The van der Waals surface area contributed by atoms with Gasteiger partial charge in [0.1, 0.15) is 0 Å². The van der Waals surface area contributed by atoms with Crippen molar-refractivity contribution in [1.82, 2.24) is 13.9 Å². The molecule has 1 aromatic heterocycles. The first-order valence-electron chi connectivity index (χ1n) is 5.61. The van der Waals surface area contributed by atoms with E-state index in [2.05, 4.69) is 4.98 Å². The fourth-order valence-corrected chi connectivity index (χ4v) is 2.77.